The molecule has 0 saturated heterocycles. The van der Waals surface area contributed by atoms with Crippen LogP contribution >= 0.6 is 0 Å². The second-order valence-electron chi connectivity index (χ2n) is 15.2. The van der Waals surface area contributed by atoms with Gasteiger partial charge in [0, 0.05) is 17.8 Å². The molecule has 5 aromatic rings. The highest BCUT2D eigenvalue weighted by molar-refractivity contribution is 5.89. The molecule has 0 radical (unpaired) electrons. The van der Waals surface area contributed by atoms with Gasteiger partial charge in [-0.05, 0) is 132 Å². The zero-order valence-corrected chi connectivity index (χ0v) is 30.3. The van der Waals surface area contributed by atoms with Crippen LogP contribution in [-0.2, 0) is 17.4 Å². The van der Waals surface area contributed by atoms with Crippen LogP contribution in [0.3, 0.4) is 0 Å². The highest BCUT2D eigenvalue weighted by Crippen LogP contribution is 2.57. The van der Waals surface area contributed by atoms with Crippen LogP contribution < -0.4 is 0 Å². The number of allylic oxidation sites excluding steroid dienone is 6. The van der Waals surface area contributed by atoms with Crippen LogP contribution in [0.25, 0.3) is 27.8 Å². The minimum atomic E-state index is -0.392. The van der Waals surface area contributed by atoms with Gasteiger partial charge in [-0.15, -0.1) is 0 Å². The summed E-state index contributed by atoms with van der Waals surface area (Å²) in [6, 6.07) is 32.6. The van der Waals surface area contributed by atoms with E-state index >= 15 is 0 Å². The van der Waals surface area contributed by atoms with Crippen LogP contribution in [0.2, 0.25) is 0 Å². The van der Waals surface area contributed by atoms with E-state index in [4.69, 9.17) is 0 Å². The van der Waals surface area contributed by atoms with Crippen molar-refractivity contribution in [3.05, 3.63) is 171 Å². The number of rotatable bonds is 5. The van der Waals surface area contributed by atoms with E-state index in [1.165, 1.54) is 89.3 Å². The first-order valence-corrected chi connectivity index (χ1v) is 17.6. The highest BCUT2D eigenvalue weighted by Gasteiger charge is 2.47. The van der Waals surface area contributed by atoms with E-state index in [0.717, 1.165) is 13.0 Å². The van der Waals surface area contributed by atoms with Gasteiger partial charge in [0.1, 0.15) is 0 Å². The molecule has 0 saturated carbocycles. The van der Waals surface area contributed by atoms with Crippen molar-refractivity contribution in [3.8, 4) is 22.3 Å². The molecule has 0 bridgehead atoms. The summed E-state index contributed by atoms with van der Waals surface area (Å²) in [6.07, 6.45) is 10.2. The summed E-state index contributed by atoms with van der Waals surface area (Å²) in [5, 5.41) is 0. The van der Waals surface area contributed by atoms with Crippen molar-refractivity contribution < 1.29 is 0 Å². The minimum absolute atomic E-state index is 0.0723. The Morgan fingerprint density at radius 2 is 1.31 bits per heavy atom. The van der Waals surface area contributed by atoms with E-state index in [2.05, 4.69) is 176 Å². The number of aryl methyl sites for hydroxylation is 4. The van der Waals surface area contributed by atoms with Gasteiger partial charge in [0.25, 0.3) is 0 Å². The van der Waals surface area contributed by atoms with Gasteiger partial charge < -0.3 is 4.57 Å². The lowest BCUT2D eigenvalue weighted by Crippen LogP contribution is -2.35. The van der Waals surface area contributed by atoms with Gasteiger partial charge in [0.15, 0.2) is 0 Å². The largest absolute Gasteiger partial charge is 0.343 e. The average Bonchev–Trinajstić information content (AvgIpc) is 3.38. The summed E-state index contributed by atoms with van der Waals surface area (Å²) in [4.78, 5) is 0. The van der Waals surface area contributed by atoms with E-state index in [0.29, 0.717) is 0 Å². The topological polar surface area (TPSA) is 4.93 Å². The summed E-state index contributed by atoms with van der Waals surface area (Å²) in [5.41, 5.74) is 21.2. The maximum Gasteiger partial charge on any atom is 0.0647 e. The summed E-state index contributed by atoms with van der Waals surface area (Å²) in [7, 11) is 0. The van der Waals surface area contributed by atoms with Gasteiger partial charge in [0.05, 0.1) is 11.1 Å². The van der Waals surface area contributed by atoms with Crippen molar-refractivity contribution in [3.63, 3.8) is 0 Å². The second kappa shape index (κ2) is 11.8. The molecule has 1 heteroatoms. The first-order chi connectivity index (χ1) is 22.9. The quantitative estimate of drug-likeness (QED) is 0.183. The Morgan fingerprint density at radius 1 is 0.625 bits per heavy atom. The first kappa shape index (κ1) is 32.0. The summed E-state index contributed by atoms with van der Waals surface area (Å²) >= 11 is 0. The van der Waals surface area contributed by atoms with Crippen LogP contribution in [0.5, 0.6) is 0 Å². The minimum Gasteiger partial charge on any atom is -0.343 e. The first-order valence-electron chi connectivity index (χ1n) is 17.6. The fourth-order valence-corrected chi connectivity index (χ4v) is 8.61. The number of nitrogens with zero attached hydrogens (tertiary/aromatic N) is 1. The maximum atomic E-state index is 2.63. The van der Waals surface area contributed by atoms with Crippen LogP contribution in [0, 0.1) is 34.6 Å². The lowest BCUT2D eigenvalue weighted by Gasteiger charge is -2.37. The molecule has 0 amide bonds. The van der Waals surface area contributed by atoms with Gasteiger partial charge in [0.2, 0.25) is 0 Å². The third-order valence-electron chi connectivity index (χ3n) is 11.1. The zero-order valence-electron chi connectivity index (χ0n) is 30.3. The Hall–Kier alpha value is -4.62. The Morgan fingerprint density at radius 3 is 2.06 bits per heavy atom. The lowest BCUT2D eigenvalue weighted by molar-refractivity contribution is 0.499. The van der Waals surface area contributed by atoms with Crippen LogP contribution in [0.4, 0.5) is 0 Å². The molecular weight excluding hydrogens is 579 g/mol. The van der Waals surface area contributed by atoms with Crippen molar-refractivity contribution >= 4 is 5.57 Å². The fourth-order valence-electron chi connectivity index (χ4n) is 8.61. The molecule has 48 heavy (non-hydrogen) atoms. The molecule has 0 fully saturated rings. The smallest absolute Gasteiger partial charge is 0.0647 e. The monoisotopic (exact) mass is 627 g/mol. The normalized spacial score (nSPS) is 17.1. The Labute approximate surface area is 288 Å². The third kappa shape index (κ3) is 4.98. The molecule has 1 heterocycles. The lowest BCUT2D eigenvalue weighted by atomic mass is 9.68. The summed E-state index contributed by atoms with van der Waals surface area (Å²) < 4.78 is 2.63. The van der Waals surface area contributed by atoms with Gasteiger partial charge in [-0.3, -0.25) is 0 Å². The van der Waals surface area contributed by atoms with Gasteiger partial charge in [-0.1, -0.05) is 124 Å². The molecule has 2 aliphatic rings. The van der Waals surface area contributed by atoms with E-state index in [9.17, 15) is 0 Å². The number of fused-ring (bicyclic) bond motifs is 3. The van der Waals surface area contributed by atoms with Crippen molar-refractivity contribution in [1.29, 1.82) is 0 Å². The number of hydrogen-bond acceptors (Lipinski definition) is 0. The number of aromatic nitrogens is 1. The highest BCUT2D eigenvalue weighted by atomic mass is 15.0. The predicted octanol–water partition coefficient (Wildman–Crippen LogP) is 12.3. The third-order valence-corrected chi connectivity index (χ3v) is 11.1. The molecular formula is C47H49N. The van der Waals surface area contributed by atoms with Crippen LogP contribution in [-0.4, -0.2) is 4.57 Å². The van der Waals surface area contributed by atoms with Gasteiger partial charge in [-0.25, -0.2) is 0 Å². The predicted molar refractivity (Wildman–Crippen MR) is 206 cm³/mol. The zero-order chi connectivity index (χ0) is 34.0. The molecule has 0 N–H and O–H groups in total. The summed E-state index contributed by atoms with van der Waals surface area (Å²) in [5.74, 6) is 0. The van der Waals surface area contributed by atoms with Gasteiger partial charge >= 0.3 is 0 Å². The molecule has 1 aromatic heterocycles. The molecule has 242 valence electrons. The molecule has 7 rings (SSSR count). The summed E-state index contributed by atoms with van der Waals surface area (Å²) in [6.45, 7) is 21.5. The van der Waals surface area contributed by atoms with Crippen molar-refractivity contribution in [1.82, 2.24) is 4.57 Å². The molecule has 1 unspecified atom stereocenters. The molecule has 1 atom stereocenters. The SMILES string of the molecule is CC1=C(c2c(C)cc(C)n2CC2(c3ccccc3C)c3ccccc3-c3ccc(-c4cc(C(C)(C)C)ccc4C)c(C)c32)C=CCC=C1. The molecule has 0 aliphatic heterocycles. The van der Waals surface area contributed by atoms with Crippen LogP contribution in [0.15, 0.2) is 115 Å². The van der Waals surface area contributed by atoms with E-state index in [1.54, 1.807) is 0 Å². The van der Waals surface area contributed by atoms with Gasteiger partial charge in [-0.2, -0.15) is 0 Å². The standard InChI is InChI=1S/C47H49N/c1-30-17-11-10-12-19-37(30)45-33(4)27-34(5)48(45)29-47(42-21-15-13-18-32(42)3)43-22-16-14-20-39(43)40-26-25-38(35(6)44(40)47)41-28-36(46(7,8)9)24-23-31(41)2/h11-28H,10,29H2,1-9H3. The Bertz CT molecular complexity index is 2170. The molecule has 2 aliphatic carbocycles. The molecule has 4 aromatic carbocycles. The second-order valence-corrected chi connectivity index (χ2v) is 15.2. The van der Waals surface area contributed by atoms with Crippen molar-refractivity contribution in [2.75, 3.05) is 0 Å². The Kier molecular flexibility index (Phi) is 7.86. The van der Waals surface area contributed by atoms with Crippen molar-refractivity contribution in [2.45, 2.75) is 86.1 Å². The van der Waals surface area contributed by atoms with Crippen molar-refractivity contribution in [2.24, 2.45) is 0 Å². The van der Waals surface area contributed by atoms with E-state index in [-0.39, 0.29) is 5.41 Å². The average molecular weight is 628 g/mol. The fraction of sp³-hybridized carbons (Fsp3) is 0.277. The maximum absolute atomic E-state index is 2.63. The number of hydrogen-bond donors (Lipinski definition) is 0. The Balaban J connectivity index is 1.58. The van der Waals surface area contributed by atoms with E-state index < -0.39 is 5.41 Å². The van der Waals surface area contributed by atoms with Crippen LogP contribution in [0.1, 0.15) is 90.0 Å². The van der Waals surface area contributed by atoms with E-state index in [1.807, 2.05) is 0 Å². The number of benzene rings is 4. The molecule has 1 nitrogen and oxygen atoms in total. The molecule has 0 spiro atoms.